The first-order chi connectivity index (χ1) is 9.15. The number of nitrogens with one attached hydrogen (secondary N) is 1. The van der Waals surface area contributed by atoms with Gasteiger partial charge in [0.05, 0.1) is 11.2 Å². The second-order valence-electron chi connectivity index (χ2n) is 4.29. The Morgan fingerprint density at radius 3 is 2.53 bits per heavy atom. The van der Waals surface area contributed by atoms with Crippen molar-refractivity contribution in [3.8, 4) is 22.8 Å². The Hall–Kier alpha value is -2.75. The summed E-state index contributed by atoms with van der Waals surface area (Å²) in [5.74, 6) is 0.176. The molecule has 0 spiro atoms. The molecule has 0 saturated carbocycles. The fourth-order valence-corrected chi connectivity index (χ4v) is 2.09. The molecule has 0 amide bonds. The zero-order valence-corrected chi connectivity index (χ0v) is 9.92. The Morgan fingerprint density at radius 2 is 1.74 bits per heavy atom. The van der Waals surface area contributed by atoms with Crippen LogP contribution in [0.2, 0.25) is 0 Å². The van der Waals surface area contributed by atoms with E-state index in [2.05, 4.69) is 4.98 Å². The third kappa shape index (κ3) is 1.93. The van der Waals surface area contributed by atoms with E-state index >= 15 is 0 Å². The van der Waals surface area contributed by atoms with Crippen molar-refractivity contribution in [2.45, 2.75) is 0 Å². The lowest BCUT2D eigenvalue weighted by atomic mass is 10.1. The molecule has 0 bridgehead atoms. The van der Waals surface area contributed by atoms with Gasteiger partial charge in [-0.15, -0.1) is 0 Å². The summed E-state index contributed by atoms with van der Waals surface area (Å²) in [4.78, 5) is 15.1. The Labute approximate surface area is 108 Å². The molecule has 0 aliphatic heterocycles. The summed E-state index contributed by atoms with van der Waals surface area (Å²) in [5.41, 5.74) is 1.43. The molecule has 0 aliphatic carbocycles. The molecular weight excluding hydrogens is 242 g/mol. The first-order valence-electron chi connectivity index (χ1n) is 5.79. The molecule has 0 radical (unpaired) electrons. The van der Waals surface area contributed by atoms with E-state index in [1.807, 2.05) is 0 Å². The largest absolute Gasteiger partial charge is 0.508 e. The van der Waals surface area contributed by atoms with E-state index in [4.69, 9.17) is 0 Å². The molecule has 4 heteroatoms. The van der Waals surface area contributed by atoms with Crippen molar-refractivity contribution in [2.75, 3.05) is 0 Å². The number of aromatic hydroxyl groups is 2. The lowest BCUT2D eigenvalue weighted by Crippen LogP contribution is -2.02. The maximum Gasteiger partial charge on any atom is 0.190 e. The minimum atomic E-state index is -0.160. The number of benzene rings is 2. The molecule has 0 unspecified atom stereocenters. The monoisotopic (exact) mass is 253 g/mol. The predicted molar refractivity (Wildman–Crippen MR) is 73.3 cm³/mol. The number of para-hydroxylation sites is 1. The minimum Gasteiger partial charge on any atom is -0.508 e. The third-order valence-corrected chi connectivity index (χ3v) is 3.01. The van der Waals surface area contributed by atoms with Gasteiger partial charge in [-0.1, -0.05) is 12.1 Å². The number of H-pyrrole nitrogens is 1. The number of hydrogen-bond acceptors (Lipinski definition) is 3. The average molecular weight is 253 g/mol. The van der Waals surface area contributed by atoms with Gasteiger partial charge in [0.25, 0.3) is 0 Å². The van der Waals surface area contributed by atoms with Crippen molar-refractivity contribution < 1.29 is 10.2 Å². The number of pyridine rings is 1. The van der Waals surface area contributed by atoms with Gasteiger partial charge in [-0.3, -0.25) is 4.79 Å². The highest BCUT2D eigenvalue weighted by molar-refractivity contribution is 5.83. The minimum absolute atomic E-state index is 0.0811. The SMILES string of the molecule is O=c1cc(-c2ccccc2O)[nH]c2cc(O)ccc12. The first-order valence-corrected chi connectivity index (χ1v) is 5.79. The van der Waals surface area contributed by atoms with E-state index in [-0.39, 0.29) is 16.9 Å². The van der Waals surface area contributed by atoms with Gasteiger partial charge in [0, 0.05) is 23.1 Å². The van der Waals surface area contributed by atoms with E-state index in [9.17, 15) is 15.0 Å². The van der Waals surface area contributed by atoms with Gasteiger partial charge >= 0.3 is 0 Å². The third-order valence-electron chi connectivity index (χ3n) is 3.01. The number of fused-ring (bicyclic) bond motifs is 1. The van der Waals surface area contributed by atoms with Crippen LogP contribution in [0, 0.1) is 0 Å². The quantitative estimate of drug-likeness (QED) is 0.624. The molecule has 3 N–H and O–H groups in total. The van der Waals surface area contributed by atoms with Crippen molar-refractivity contribution in [3.05, 3.63) is 58.8 Å². The summed E-state index contributed by atoms with van der Waals surface area (Å²) >= 11 is 0. The molecule has 3 aromatic rings. The molecule has 0 fully saturated rings. The van der Waals surface area contributed by atoms with Gasteiger partial charge in [-0.05, 0) is 24.3 Å². The van der Waals surface area contributed by atoms with Gasteiger partial charge in [0.15, 0.2) is 5.43 Å². The van der Waals surface area contributed by atoms with E-state index in [0.29, 0.717) is 22.2 Å². The lowest BCUT2D eigenvalue weighted by molar-refractivity contribution is 0.476. The van der Waals surface area contributed by atoms with E-state index in [0.717, 1.165) is 0 Å². The Morgan fingerprint density at radius 1 is 0.947 bits per heavy atom. The first kappa shape index (κ1) is 11.3. The zero-order valence-electron chi connectivity index (χ0n) is 9.92. The highest BCUT2D eigenvalue weighted by atomic mass is 16.3. The summed E-state index contributed by atoms with van der Waals surface area (Å²) in [6.45, 7) is 0. The van der Waals surface area contributed by atoms with Crippen LogP contribution in [0.4, 0.5) is 0 Å². The number of rotatable bonds is 1. The second-order valence-corrected chi connectivity index (χ2v) is 4.29. The number of aromatic nitrogens is 1. The van der Waals surface area contributed by atoms with Crippen molar-refractivity contribution in [1.82, 2.24) is 4.98 Å². The van der Waals surface area contributed by atoms with Crippen LogP contribution in [0.1, 0.15) is 0 Å². The standard InChI is InChI=1S/C15H11NO3/c17-9-5-6-11-12(7-9)16-13(8-15(11)19)10-3-1-2-4-14(10)18/h1-8,17-18H,(H,16,19). The second kappa shape index (κ2) is 4.17. The summed E-state index contributed by atoms with van der Waals surface area (Å²) in [7, 11) is 0. The molecule has 2 aromatic carbocycles. The van der Waals surface area contributed by atoms with Crippen LogP contribution in [0.15, 0.2) is 53.3 Å². The van der Waals surface area contributed by atoms with Gasteiger partial charge in [-0.2, -0.15) is 0 Å². The molecule has 4 nitrogen and oxygen atoms in total. The fraction of sp³-hybridized carbons (Fsp3) is 0. The zero-order chi connectivity index (χ0) is 13.4. The fourth-order valence-electron chi connectivity index (χ4n) is 2.09. The number of phenolic OH excluding ortho intramolecular Hbond substituents is 2. The lowest BCUT2D eigenvalue weighted by Gasteiger charge is -2.06. The van der Waals surface area contributed by atoms with Crippen molar-refractivity contribution in [3.63, 3.8) is 0 Å². The Kier molecular flexibility index (Phi) is 2.49. The van der Waals surface area contributed by atoms with Crippen LogP contribution in [0.25, 0.3) is 22.2 Å². The molecular formula is C15H11NO3. The predicted octanol–water partition coefficient (Wildman–Crippen LogP) is 2.61. The topological polar surface area (TPSA) is 73.3 Å². The van der Waals surface area contributed by atoms with E-state index in [1.165, 1.54) is 18.2 Å². The van der Waals surface area contributed by atoms with Crippen LogP contribution in [0.3, 0.4) is 0 Å². The van der Waals surface area contributed by atoms with Crippen LogP contribution in [-0.4, -0.2) is 15.2 Å². The normalized spacial score (nSPS) is 10.7. The van der Waals surface area contributed by atoms with Crippen LogP contribution >= 0.6 is 0 Å². The van der Waals surface area contributed by atoms with Gasteiger partial charge in [0.1, 0.15) is 11.5 Å². The maximum absolute atomic E-state index is 12.0. The van der Waals surface area contributed by atoms with Gasteiger partial charge in [-0.25, -0.2) is 0 Å². The molecule has 1 heterocycles. The molecule has 0 atom stereocenters. The van der Waals surface area contributed by atoms with Crippen LogP contribution in [0.5, 0.6) is 11.5 Å². The van der Waals surface area contributed by atoms with Gasteiger partial charge in [0.2, 0.25) is 0 Å². The Bertz CT molecular complexity index is 821. The molecule has 3 rings (SSSR count). The van der Waals surface area contributed by atoms with Gasteiger partial charge < -0.3 is 15.2 Å². The van der Waals surface area contributed by atoms with Crippen molar-refractivity contribution in [2.24, 2.45) is 0 Å². The highest BCUT2D eigenvalue weighted by Gasteiger charge is 2.07. The maximum atomic E-state index is 12.0. The number of phenols is 2. The Balaban J connectivity index is 2.32. The van der Waals surface area contributed by atoms with Crippen molar-refractivity contribution >= 4 is 10.9 Å². The smallest absolute Gasteiger partial charge is 0.190 e. The number of hydrogen-bond donors (Lipinski definition) is 3. The molecule has 1 aromatic heterocycles. The van der Waals surface area contributed by atoms with Crippen LogP contribution < -0.4 is 5.43 Å². The summed E-state index contributed by atoms with van der Waals surface area (Å²) < 4.78 is 0. The van der Waals surface area contributed by atoms with Crippen LogP contribution in [-0.2, 0) is 0 Å². The number of aromatic amines is 1. The summed E-state index contributed by atoms with van der Waals surface area (Å²) in [6, 6.07) is 12.7. The summed E-state index contributed by atoms with van der Waals surface area (Å²) in [6.07, 6.45) is 0. The molecule has 19 heavy (non-hydrogen) atoms. The average Bonchev–Trinajstić information content (AvgIpc) is 2.38. The van der Waals surface area contributed by atoms with E-state index in [1.54, 1.807) is 30.3 Å². The van der Waals surface area contributed by atoms with E-state index < -0.39 is 0 Å². The van der Waals surface area contributed by atoms with Crippen molar-refractivity contribution in [1.29, 1.82) is 0 Å². The summed E-state index contributed by atoms with van der Waals surface area (Å²) in [5, 5.41) is 19.8. The molecule has 0 aliphatic rings. The highest BCUT2D eigenvalue weighted by Crippen LogP contribution is 2.27. The molecule has 94 valence electrons. The molecule has 0 saturated heterocycles.